The predicted molar refractivity (Wildman–Crippen MR) is 49.1 cm³/mol. The van der Waals surface area contributed by atoms with Crippen LogP contribution in [0.1, 0.15) is 13.8 Å². The lowest BCUT2D eigenvalue weighted by atomic mass is 10.1. The zero-order valence-corrected chi connectivity index (χ0v) is 8.95. The maximum Gasteiger partial charge on any atom is 0.303 e. The van der Waals surface area contributed by atoms with Gasteiger partial charge in [0.15, 0.2) is 12.4 Å². The van der Waals surface area contributed by atoms with E-state index < -0.39 is 36.5 Å². The first kappa shape index (κ1) is 12.9. The zero-order chi connectivity index (χ0) is 12.3. The molecule has 1 fully saturated rings. The maximum absolute atomic E-state index is 10.8. The van der Waals surface area contributed by atoms with E-state index in [1.165, 1.54) is 13.8 Å². The number of aliphatic hydroxyl groups is 2. The van der Waals surface area contributed by atoms with Crippen LogP contribution in [-0.4, -0.2) is 53.4 Å². The lowest BCUT2D eigenvalue weighted by molar-refractivity contribution is -0.159. The Morgan fingerprint density at radius 1 is 1.25 bits per heavy atom. The van der Waals surface area contributed by atoms with Gasteiger partial charge in [0.1, 0.15) is 18.8 Å². The molecule has 4 atom stereocenters. The fourth-order valence-corrected chi connectivity index (χ4v) is 1.39. The molecule has 1 heterocycles. The second-order valence-corrected chi connectivity index (χ2v) is 3.43. The molecule has 1 aliphatic rings. The first-order valence-electron chi connectivity index (χ1n) is 4.74. The van der Waals surface area contributed by atoms with Crippen LogP contribution in [0.3, 0.4) is 0 Å². The highest BCUT2D eigenvalue weighted by Crippen LogP contribution is 2.23. The summed E-state index contributed by atoms with van der Waals surface area (Å²) in [6, 6.07) is 0. The van der Waals surface area contributed by atoms with Gasteiger partial charge in [-0.2, -0.15) is 0 Å². The molecule has 1 rings (SSSR count). The molecule has 0 amide bonds. The Morgan fingerprint density at radius 2 is 1.88 bits per heavy atom. The number of hydrogen-bond donors (Lipinski definition) is 2. The Bertz CT molecular complexity index is 277. The second kappa shape index (κ2) is 5.24. The van der Waals surface area contributed by atoms with E-state index in [9.17, 15) is 19.8 Å². The van der Waals surface area contributed by atoms with E-state index in [4.69, 9.17) is 9.47 Å². The van der Waals surface area contributed by atoms with Crippen molar-refractivity contribution in [1.29, 1.82) is 0 Å². The standard InChI is InChI=1S/C9H14O7/c1-4(10)14-3-6-8(15-5(2)11)7(12)9(13)16-6/h6-9,12-13H,3H2,1-2H3/t6-,7-,8-,9?/m1/s1. The van der Waals surface area contributed by atoms with Crippen molar-refractivity contribution in [2.24, 2.45) is 0 Å². The third-order valence-electron chi connectivity index (χ3n) is 2.06. The smallest absolute Gasteiger partial charge is 0.303 e. The number of rotatable bonds is 3. The van der Waals surface area contributed by atoms with E-state index in [0.29, 0.717) is 0 Å². The average molecular weight is 234 g/mol. The van der Waals surface area contributed by atoms with Gasteiger partial charge in [-0.15, -0.1) is 0 Å². The van der Waals surface area contributed by atoms with E-state index in [1.54, 1.807) is 0 Å². The van der Waals surface area contributed by atoms with E-state index >= 15 is 0 Å². The van der Waals surface area contributed by atoms with Crippen LogP contribution in [0.5, 0.6) is 0 Å². The molecule has 1 saturated heterocycles. The summed E-state index contributed by atoms with van der Waals surface area (Å²) in [5, 5.41) is 18.7. The molecule has 1 unspecified atom stereocenters. The number of aliphatic hydroxyl groups excluding tert-OH is 2. The Kier molecular flexibility index (Phi) is 4.22. The van der Waals surface area contributed by atoms with Crippen LogP contribution in [-0.2, 0) is 23.8 Å². The van der Waals surface area contributed by atoms with Gasteiger partial charge in [0, 0.05) is 13.8 Å². The predicted octanol–water partition coefficient (Wildman–Crippen LogP) is -1.44. The van der Waals surface area contributed by atoms with Gasteiger partial charge < -0.3 is 24.4 Å². The molecule has 0 aromatic heterocycles. The Labute approximate surface area is 91.9 Å². The summed E-state index contributed by atoms with van der Waals surface area (Å²) >= 11 is 0. The Hall–Kier alpha value is -1.18. The first-order valence-corrected chi connectivity index (χ1v) is 4.74. The van der Waals surface area contributed by atoms with E-state index in [0.717, 1.165) is 0 Å². The third-order valence-corrected chi connectivity index (χ3v) is 2.06. The molecule has 0 spiro atoms. The summed E-state index contributed by atoms with van der Waals surface area (Å²) in [5.74, 6) is -1.14. The first-order chi connectivity index (χ1) is 7.41. The minimum atomic E-state index is -1.45. The van der Waals surface area contributed by atoms with Crippen LogP contribution < -0.4 is 0 Å². The molecule has 0 saturated carbocycles. The Morgan fingerprint density at radius 3 is 2.38 bits per heavy atom. The minimum Gasteiger partial charge on any atom is -0.463 e. The normalized spacial score (nSPS) is 33.5. The summed E-state index contributed by atoms with van der Waals surface area (Å²) in [7, 11) is 0. The van der Waals surface area contributed by atoms with Crippen molar-refractivity contribution in [1.82, 2.24) is 0 Å². The molecule has 1 aliphatic heterocycles. The average Bonchev–Trinajstić information content (AvgIpc) is 2.42. The molecule has 0 aromatic carbocycles. The SMILES string of the molecule is CC(=O)OC[C@H]1OC(O)[C@H](O)[C@@H]1OC(C)=O. The largest absolute Gasteiger partial charge is 0.463 e. The maximum atomic E-state index is 10.8. The van der Waals surface area contributed by atoms with E-state index in [2.05, 4.69) is 4.74 Å². The molecular formula is C9H14O7. The third kappa shape index (κ3) is 3.16. The number of ether oxygens (including phenoxy) is 3. The van der Waals surface area contributed by atoms with Crippen molar-refractivity contribution in [3.05, 3.63) is 0 Å². The van der Waals surface area contributed by atoms with Gasteiger partial charge >= 0.3 is 11.9 Å². The van der Waals surface area contributed by atoms with Crippen LogP contribution in [0.4, 0.5) is 0 Å². The summed E-state index contributed by atoms with van der Waals surface area (Å²) in [6.45, 7) is 2.18. The molecule has 2 N–H and O–H groups in total. The van der Waals surface area contributed by atoms with E-state index in [1.807, 2.05) is 0 Å². The number of carbonyl (C=O) groups excluding carboxylic acids is 2. The van der Waals surface area contributed by atoms with Crippen molar-refractivity contribution in [3.63, 3.8) is 0 Å². The highest BCUT2D eigenvalue weighted by atomic mass is 16.7. The molecule has 0 bridgehead atoms. The summed E-state index contributed by atoms with van der Waals surface area (Å²) in [5.41, 5.74) is 0. The van der Waals surface area contributed by atoms with Gasteiger partial charge in [-0.1, -0.05) is 0 Å². The molecular weight excluding hydrogens is 220 g/mol. The van der Waals surface area contributed by atoms with Gasteiger partial charge in [0.05, 0.1) is 0 Å². The second-order valence-electron chi connectivity index (χ2n) is 3.43. The molecule has 16 heavy (non-hydrogen) atoms. The highest BCUT2D eigenvalue weighted by molar-refractivity contribution is 5.66. The molecule has 0 aromatic rings. The van der Waals surface area contributed by atoms with Crippen molar-refractivity contribution >= 4 is 11.9 Å². The van der Waals surface area contributed by atoms with E-state index in [-0.39, 0.29) is 6.61 Å². The van der Waals surface area contributed by atoms with Crippen LogP contribution in [0.2, 0.25) is 0 Å². The number of carbonyl (C=O) groups is 2. The van der Waals surface area contributed by atoms with Crippen LogP contribution >= 0.6 is 0 Å². The van der Waals surface area contributed by atoms with Crippen LogP contribution in [0, 0.1) is 0 Å². The lowest BCUT2D eigenvalue weighted by Crippen LogP contribution is -2.38. The van der Waals surface area contributed by atoms with Crippen molar-refractivity contribution in [2.45, 2.75) is 38.4 Å². The van der Waals surface area contributed by atoms with Crippen molar-refractivity contribution in [2.75, 3.05) is 6.61 Å². The lowest BCUT2D eigenvalue weighted by Gasteiger charge is -2.19. The molecule has 0 aliphatic carbocycles. The minimum absolute atomic E-state index is 0.193. The van der Waals surface area contributed by atoms with Crippen molar-refractivity contribution in [3.8, 4) is 0 Å². The zero-order valence-electron chi connectivity index (χ0n) is 8.95. The summed E-state index contributed by atoms with van der Waals surface area (Å²) in [6.07, 6.45) is -4.70. The number of hydrogen-bond acceptors (Lipinski definition) is 7. The Balaban J connectivity index is 2.59. The highest BCUT2D eigenvalue weighted by Gasteiger charge is 2.45. The van der Waals surface area contributed by atoms with Crippen molar-refractivity contribution < 1.29 is 34.0 Å². The molecule has 7 heteroatoms. The van der Waals surface area contributed by atoms with Gasteiger partial charge in [-0.05, 0) is 0 Å². The monoisotopic (exact) mass is 234 g/mol. The quantitative estimate of drug-likeness (QED) is 0.576. The molecule has 92 valence electrons. The van der Waals surface area contributed by atoms with Gasteiger partial charge in [0.2, 0.25) is 0 Å². The van der Waals surface area contributed by atoms with Gasteiger partial charge in [-0.3, -0.25) is 9.59 Å². The number of esters is 2. The molecule has 0 radical (unpaired) electrons. The van der Waals surface area contributed by atoms with Crippen LogP contribution in [0.15, 0.2) is 0 Å². The fourth-order valence-electron chi connectivity index (χ4n) is 1.39. The summed E-state index contributed by atoms with van der Waals surface area (Å²) < 4.78 is 14.3. The van der Waals surface area contributed by atoms with Crippen LogP contribution in [0.25, 0.3) is 0 Å². The van der Waals surface area contributed by atoms with Gasteiger partial charge in [0.25, 0.3) is 0 Å². The molecule has 7 nitrogen and oxygen atoms in total. The van der Waals surface area contributed by atoms with Gasteiger partial charge in [-0.25, -0.2) is 0 Å². The fraction of sp³-hybridized carbons (Fsp3) is 0.778. The topological polar surface area (TPSA) is 102 Å². The summed E-state index contributed by atoms with van der Waals surface area (Å²) in [4.78, 5) is 21.3.